The number of nitrogens with zero attached hydrogens (tertiary/aromatic N) is 4. The highest BCUT2D eigenvalue weighted by molar-refractivity contribution is 5.95. The molecule has 2 aromatic rings. The maximum Gasteiger partial charge on any atom is 0.246 e. The third-order valence-corrected chi connectivity index (χ3v) is 5.61. The second-order valence-electron chi connectivity index (χ2n) is 7.67. The molecule has 0 aromatic carbocycles. The van der Waals surface area contributed by atoms with E-state index in [9.17, 15) is 10.1 Å². The van der Waals surface area contributed by atoms with E-state index in [0.29, 0.717) is 38.4 Å². The quantitative estimate of drug-likeness (QED) is 0.745. The zero-order valence-corrected chi connectivity index (χ0v) is 17.0. The van der Waals surface area contributed by atoms with Gasteiger partial charge in [0, 0.05) is 36.9 Å². The van der Waals surface area contributed by atoms with Gasteiger partial charge in [0.05, 0.1) is 37.1 Å². The van der Waals surface area contributed by atoms with Gasteiger partial charge in [-0.15, -0.1) is 0 Å². The van der Waals surface area contributed by atoms with Crippen LogP contribution in [0.15, 0.2) is 12.1 Å². The van der Waals surface area contributed by atoms with Crippen molar-refractivity contribution in [1.29, 1.82) is 5.26 Å². The Bertz CT molecular complexity index is 990. The molecule has 2 aliphatic rings. The summed E-state index contributed by atoms with van der Waals surface area (Å²) in [6, 6.07) is 4.34. The van der Waals surface area contributed by atoms with Crippen molar-refractivity contribution in [3.63, 3.8) is 0 Å². The summed E-state index contributed by atoms with van der Waals surface area (Å²) in [4.78, 5) is 19.1. The molecule has 1 amide bonds. The molecule has 1 unspecified atom stereocenters. The van der Waals surface area contributed by atoms with Gasteiger partial charge in [0.1, 0.15) is 11.7 Å². The minimum Gasteiger partial charge on any atom is -0.378 e. The van der Waals surface area contributed by atoms with Crippen molar-refractivity contribution in [2.45, 2.75) is 39.3 Å². The lowest BCUT2D eigenvalue weighted by Crippen LogP contribution is -2.39. The van der Waals surface area contributed by atoms with Crippen molar-refractivity contribution in [3.05, 3.63) is 34.7 Å². The second kappa shape index (κ2) is 8.36. The van der Waals surface area contributed by atoms with Gasteiger partial charge in [0.25, 0.3) is 0 Å². The lowest BCUT2D eigenvalue weighted by atomic mass is 10.1. The van der Waals surface area contributed by atoms with Crippen molar-refractivity contribution < 1.29 is 14.3 Å². The van der Waals surface area contributed by atoms with Gasteiger partial charge >= 0.3 is 0 Å². The Morgan fingerprint density at radius 3 is 2.83 bits per heavy atom. The molecule has 0 radical (unpaired) electrons. The first-order valence-corrected chi connectivity index (χ1v) is 10.2. The van der Waals surface area contributed by atoms with Crippen LogP contribution in [0.4, 0.5) is 0 Å². The van der Waals surface area contributed by atoms with Crippen LogP contribution in [0.1, 0.15) is 35.4 Å². The minimum absolute atomic E-state index is 0.0630. The van der Waals surface area contributed by atoms with Gasteiger partial charge in [0.15, 0.2) is 0 Å². The molecule has 7 nitrogen and oxygen atoms in total. The van der Waals surface area contributed by atoms with E-state index in [4.69, 9.17) is 14.5 Å². The number of ether oxygens (including phenoxy) is 2. The van der Waals surface area contributed by atoms with E-state index in [1.165, 1.54) is 0 Å². The van der Waals surface area contributed by atoms with Crippen molar-refractivity contribution in [1.82, 2.24) is 14.5 Å². The van der Waals surface area contributed by atoms with E-state index >= 15 is 0 Å². The normalized spacial score (nSPS) is 19.9. The van der Waals surface area contributed by atoms with Gasteiger partial charge in [-0.3, -0.25) is 4.79 Å². The Balaban J connectivity index is 1.77. The summed E-state index contributed by atoms with van der Waals surface area (Å²) in [5.74, 6) is -0.0630. The van der Waals surface area contributed by atoms with Crippen LogP contribution in [-0.4, -0.2) is 59.4 Å². The summed E-state index contributed by atoms with van der Waals surface area (Å²) in [5, 5.41) is 10.8. The molecule has 152 valence electrons. The third-order valence-electron chi connectivity index (χ3n) is 5.61. The lowest BCUT2D eigenvalue weighted by molar-refractivity contribution is -0.129. The molecule has 0 bridgehead atoms. The number of hydrogen-bond acceptors (Lipinski definition) is 5. The summed E-state index contributed by atoms with van der Waals surface area (Å²) < 4.78 is 13.2. The number of pyridine rings is 1. The molecule has 2 aromatic heterocycles. The standard InChI is InChI=1S/C22H26N4O3/c1-15-12-16(2)24-22-21(15)18(13-23)19(26(22)14-17-4-3-9-29-17)5-6-20(27)25-7-10-28-11-8-25/h5-6,12,17H,3-4,7-11,14H2,1-2H3/b6-5+. The van der Waals surface area contributed by atoms with E-state index in [2.05, 4.69) is 6.07 Å². The van der Waals surface area contributed by atoms with E-state index in [1.54, 1.807) is 17.1 Å². The smallest absolute Gasteiger partial charge is 0.246 e. The highest BCUT2D eigenvalue weighted by Gasteiger charge is 2.24. The molecule has 1 atom stereocenters. The number of aromatic nitrogens is 2. The number of fused-ring (bicyclic) bond motifs is 1. The fourth-order valence-electron chi connectivity index (χ4n) is 4.20. The van der Waals surface area contributed by atoms with Crippen molar-refractivity contribution in [2.75, 3.05) is 32.9 Å². The summed E-state index contributed by atoms with van der Waals surface area (Å²) in [6.45, 7) is 7.65. The molecule has 4 heterocycles. The van der Waals surface area contributed by atoms with Crippen LogP contribution in [0, 0.1) is 25.2 Å². The summed E-state index contributed by atoms with van der Waals surface area (Å²) in [6.07, 6.45) is 5.46. The number of carbonyl (C=O) groups excluding carboxylic acids is 1. The Labute approximate surface area is 170 Å². The van der Waals surface area contributed by atoms with Crippen LogP contribution in [0.25, 0.3) is 17.1 Å². The average molecular weight is 394 g/mol. The Kier molecular flexibility index (Phi) is 5.65. The molecule has 0 aliphatic carbocycles. The number of rotatable bonds is 4. The van der Waals surface area contributed by atoms with Gasteiger partial charge in [-0.2, -0.15) is 5.26 Å². The van der Waals surface area contributed by atoms with Crippen LogP contribution in [0.5, 0.6) is 0 Å². The topological polar surface area (TPSA) is 80.4 Å². The molecule has 0 N–H and O–H groups in total. The summed E-state index contributed by atoms with van der Waals surface area (Å²) in [5.41, 5.74) is 4.00. The van der Waals surface area contributed by atoms with Crippen LogP contribution in [-0.2, 0) is 20.8 Å². The van der Waals surface area contributed by atoms with Crippen molar-refractivity contribution in [3.8, 4) is 6.07 Å². The molecular weight excluding hydrogens is 368 g/mol. The Hall–Kier alpha value is -2.69. The number of hydrogen-bond donors (Lipinski definition) is 0. The zero-order valence-electron chi connectivity index (χ0n) is 17.0. The van der Waals surface area contributed by atoms with E-state index in [1.807, 2.05) is 24.5 Å². The molecule has 0 spiro atoms. The zero-order chi connectivity index (χ0) is 20.4. The fourth-order valence-corrected chi connectivity index (χ4v) is 4.20. The molecule has 4 rings (SSSR count). The Morgan fingerprint density at radius 2 is 2.14 bits per heavy atom. The predicted molar refractivity (Wildman–Crippen MR) is 109 cm³/mol. The lowest BCUT2D eigenvalue weighted by Gasteiger charge is -2.25. The van der Waals surface area contributed by atoms with Gasteiger partial charge in [-0.1, -0.05) is 0 Å². The van der Waals surface area contributed by atoms with Gasteiger partial charge < -0.3 is 18.9 Å². The van der Waals surface area contributed by atoms with E-state index in [-0.39, 0.29) is 12.0 Å². The van der Waals surface area contributed by atoms with Crippen LogP contribution in [0.2, 0.25) is 0 Å². The number of nitriles is 1. The minimum atomic E-state index is -0.0630. The highest BCUT2D eigenvalue weighted by Crippen LogP contribution is 2.30. The van der Waals surface area contributed by atoms with Crippen LogP contribution >= 0.6 is 0 Å². The van der Waals surface area contributed by atoms with Gasteiger partial charge in [-0.05, 0) is 44.4 Å². The summed E-state index contributed by atoms with van der Waals surface area (Å²) >= 11 is 0. The van der Waals surface area contributed by atoms with Crippen molar-refractivity contribution in [2.24, 2.45) is 0 Å². The highest BCUT2D eigenvalue weighted by atomic mass is 16.5. The molecule has 0 saturated carbocycles. The Morgan fingerprint density at radius 1 is 1.34 bits per heavy atom. The number of carbonyl (C=O) groups is 1. The fraction of sp³-hybridized carbons (Fsp3) is 0.500. The molecule has 2 saturated heterocycles. The average Bonchev–Trinajstić information content (AvgIpc) is 3.33. The largest absolute Gasteiger partial charge is 0.378 e. The first-order chi connectivity index (χ1) is 14.1. The molecular formula is C22H26N4O3. The molecule has 2 fully saturated rings. The van der Waals surface area contributed by atoms with Crippen LogP contribution < -0.4 is 0 Å². The SMILES string of the molecule is Cc1cc(C)c2c(C#N)c(/C=C/C(=O)N3CCOCC3)n(CC3CCCO3)c2n1. The first-order valence-electron chi connectivity index (χ1n) is 10.2. The van der Waals surface area contributed by atoms with Crippen molar-refractivity contribution >= 4 is 23.0 Å². The molecule has 2 aliphatic heterocycles. The summed E-state index contributed by atoms with van der Waals surface area (Å²) in [7, 11) is 0. The van der Waals surface area contributed by atoms with Gasteiger partial charge in [-0.25, -0.2) is 4.98 Å². The maximum atomic E-state index is 12.6. The second-order valence-corrected chi connectivity index (χ2v) is 7.67. The van der Waals surface area contributed by atoms with Crippen LogP contribution in [0.3, 0.4) is 0 Å². The third kappa shape index (κ3) is 3.91. The van der Waals surface area contributed by atoms with E-state index < -0.39 is 0 Å². The number of morpholine rings is 1. The monoisotopic (exact) mass is 394 g/mol. The predicted octanol–water partition coefficient (Wildman–Crippen LogP) is 2.58. The van der Waals surface area contributed by atoms with Gasteiger partial charge in [0.2, 0.25) is 5.91 Å². The molecule has 7 heteroatoms. The number of amides is 1. The van der Waals surface area contributed by atoms with E-state index in [0.717, 1.165) is 47.4 Å². The number of aryl methyl sites for hydroxylation is 2. The molecule has 29 heavy (non-hydrogen) atoms. The first kappa shape index (κ1) is 19.6. The maximum absolute atomic E-state index is 12.6.